The highest BCUT2D eigenvalue weighted by Crippen LogP contribution is 2.22. The average Bonchev–Trinajstić information content (AvgIpc) is 2.38. The van der Waals surface area contributed by atoms with E-state index in [4.69, 9.17) is 9.84 Å². The molecule has 1 rings (SSSR count). The zero-order chi connectivity index (χ0) is 15.9. The van der Waals surface area contributed by atoms with Crippen LogP contribution in [0.3, 0.4) is 0 Å². The quantitative estimate of drug-likeness (QED) is 0.773. The molecule has 4 nitrogen and oxygen atoms in total. The van der Waals surface area contributed by atoms with Crippen LogP contribution in [0.4, 0.5) is 4.39 Å². The third-order valence-electron chi connectivity index (χ3n) is 3.50. The highest BCUT2D eigenvalue weighted by Gasteiger charge is 2.26. The minimum absolute atomic E-state index is 0.0387. The van der Waals surface area contributed by atoms with Gasteiger partial charge in [0.25, 0.3) is 0 Å². The van der Waals surface area contributed by atoms with Crippen LogP contribution in [-0.4, -0.2) is 36.9 Å². The van der Waals surface area contributed by atoms with Gasteiger partial charge in [-0.1, -0.05) is 25.1 Å². The van der Waals surface area contributed by atoms with Gasteiger partial charge in [-0.05, 0) is 30.9 Å². The first-order valence-corrected chi connectivity index (χ1v) is 7.07. The number of nitrogens with one attached hydrogen (secondary N) is 1. The average molecular weight is 297 g/mol. The number of amides is 1. The summed E-state index contributed by atoms with van der Waals surface area (Å²) in [5.74, 6) is -0.696. The summed E-state index contributed by atoms with van der Waals surface area (Å²) in [6, 6.07) is 6.47. The maximum Gasteiger partial charge on any atom is 0.221 e. The summed E-state index contributed by atoms with van der Waals surface area (Å²) < 4.78 is 18.8. The molecule has 0 aromatic heterocycles. The largest absolute Gasteiger partial charge is 0.396 e. The monoisotopic (exact) mass is 297 g/mol. The van der Waals surface area contributed by atoms with Gasteiger partial charge in [-0.25, -0.2) is 4.39 Å². The number of rotatable bonds is 8. The number of halogens is 1. The second-order valence-electron chi connectivity index (χ2n) is 5.64. The summed E-state index contributed by atoms with van der Waals surface area (Å²) in [6.45, 7) is 3.91. The van der Waals surface area contributed by atoms with Crippen molar-refractivity contribution in [1.29, 1.82) is 0 Å². The van der Waals surface area contributed by atoms with E-state index in [1.54, 1.807) is 25.3 Å². The summed E-state index contributed by atoms with van der Waals surface area (Å²) in [6.07, 6.45) is 0.590. The fraction of sp³-hybridized carbons (Fsp3) is 0.562. The minimum atomic E-state index is -0.616. The number of carbonyl (C=O) groups is 1. The summed E-state index contributed by atoms with van der Waals surface area (Å²) >= 11 is 0. The number of benzene rings is 1. The van der Waals surface area contributed by atoms with E-state index >= 15 is 0 Å². The number of ether oxygens (including phenoxy) is 1. The molecule has 1 aromatic rings. The van der Waals surface area contributed by atoms with Crippen LogP contribution < -0.4 is 5.32 Å². The van der Waals surface area contributed by atoms with E-state index in [1.165, 1.54) is 6.07 Å². The van der Waals surface area contributed by atoms with Gasteiger partial charge in [-0.2, -0.15) is 0 Å². The Morgan fingerprint density at radius 2 is 2.14 bits per heavy atom. The molecule has 0 fully saturated rings. The van der Waals surface area contributed by atoms with Gasteiger partial charge < -0.3 is 15.2 Å². The predicted octanol–water partition coefficient (Wildman–Crippen LogP) is 2.22. The molecule has 2 atom stereocenters. The third kappa shape index (κ3) is 5.44. The number of hydrogen-bond donors (Lipinski definition) is 2. The molecule has 0 aliphatic rings. The van der Waals surface area contributed by atoms with Crippen molar-refractivity contribution in [1.82, 2.24) is 5.32 Å². The molecule has 0 spiro atoms. The molecule has 2 unspecified atom stereocenters. The first-order chi connectivity index (χ1) is 9.91. The number of hydrogen-bond acceptors (Lipinski definition) is 3. The summed E-state index contributed by atoms with van der Waals surface area (Å²) in [4.78, 5) is 12.1. The molecule has 0 saturated carbocycles. The fourth-order valence-electron chi connectivity index (χ4n) is 2.39. The van der Waals surface area contributed by atoms with Crippen molar-refractivity contribution in [2.75, 3.05) is 20.3 Å². The lowest BCUT2D eigenvalue weighted by molar-refractivity contribution is -0.124. The third-order valence-corrected chi connectivity index (χ3v) is 3.50. The second-order valence-corrected chi connectivity index (χ2v) is 5.64. The SMILES string of the molecule is COCC(C)(CCO)NC(=O)CC(C)c1ccccc1F. The van der Waals surface area contributed by atoms with Crippen LogP contribution in [0.15, 0.2) is 24.3 Å². The molecule has 118 valence electrons. The Hall–Kier alpha value is -1.46. The highest BCUT2D eigenvalue weighted by molar-refractivity contribution is 5.77. The first-order valence-electron chi connectivity index (χ1n) is 7.07. The number of carbonyl (C=O) groups excluding carboxylic acids is 1. The Morgan fingerprint density at radius 1 is 1.48 bits per heavy atom. The molecular weight excluding hydrogens is 273 g/mol. The van der Waals surface area contributed by atoms with Crippen LogP contribution >= 0.6 is 0 Å². The van der Waals surface area contributed by atoms with Crippen molar-refractivity contribution in [3.8, 4) is 0 Å². The zero-order valence-corrected chi connectivity index (χ0v) is 12.9. The van der Waals surface area contributed by atoms with Crippen LogP contribution in [0.1, 0.15) is 38.2 Å². The second kappa shape index (κ2) is 8.10. The molecule has 2 N–H and O–H groups in total. The molecule has 0 aliphatic heterocycles. The summed E-state index contributed by atoms with van der Waals surface area (Å²) in [5.41, 5.74) is -0.0848. The van der Waals surface area contributed by atoms with Crippen LogP contribution in [0.2, 0.25) is 0 Å². The Bertz CT molecular complexity index is 459. The maximum absolute atomic E-state index is 13.7. The Morgan fingerprint density at radius 3 is 2.71 bits per heavy atom. The van der Waals surface area contributed by atoms with E-state index in [-0.39, 0.29) is 30.7 Å². The van der Waals surface area contributed by atoms with Crippen molar-refractivity contribution >= 4 is 5.91 Å². The molecule has 0 aliphatic carbocycles. The Balaban J connectivity index is 2.66. The molecule has 0 saturated heterocycles. The van der Waals surface area contributed by atoms with Crippen LogP contribution in [0.25, 0.3) is 0 Å². The maximum atomic E-state index is 13.7. The minimum Gasteiger partial charge on any atom is -0.396 e. The fourth-order valence-corrected chi connectivity index (χ4v) is 2.39. The van der Waals surface area contributed by atoms with E-state index in [9.17, 15) is 9.18 Å². The molecule has 1 aromatic carbocycles. The summed E-state index contributed by atoms with van der Waals surface area (Å²) in [5, 5.41) is 12.0. The van der Waals surface area contributed by atoms with E-state index in [1.807, 2.05) is 13.8 Å². The van der Waals surface area contributed by atoms with Crippen LogP contribution in [-0.2, 0) is 9.53 Å². The topological polar surface area (TPSA) is 58.6 Å². The lowest BCUT2D eigenvalue weighted by Gasteiger charge is -2.30. The molecule has 0 bridgehead atoms. The van der Waals surface area contributed by atoms with Gasteiger partial charge in [0.15, 0.2) is 0 Å². The van der Waals surface area contributed by atoms with E-state index in [0.717, 1.165) is 0 Å². The standard InChI is InChI=1S/C16H24FNO3/c1-12(13-6-4-5-7-14(13)17)10-15(20)18-16(2,8-9-19)11-21-3/h4-7,12,19H,8-11H2,1-3H3,(H,18,20). The van der Waals surface area contributed by atoms with Crippen molar-refractivity contribution in [2.45, 2.75) is 38.1 Å². The lowest BCUT2D eigenvalue weighted by atomic mass is 9.95. The van der Waals surface area contributed by atoms with E-state index in [2.05, 4.69) is 5.32 Å². The number of aliphatic hydroxyl groups excluding tert-OH is 1. The van der Waals surface area contributed by atoms with Crippen molar-refractivity contribution in [3.05, 3.63) is 35.6 Å². The van der Waals surface area contributed by atoms with Crippen molar-refractivity contribution in [2.24, 2.45) is 0 Å². The van der Waals surface area contributed by atoms with Gasteiger partial charge in [-0.15, -0.1) is 0 Å². The van der Waals surface area contributed by atoms with Gasteiger partial charge >= 0.3 is 0 Å². The van der Waals surface area contributed by atoms with Crippen LogP contribution in [0.5, 0.6) is 0 Å². The first kappa shape index (κ1) is 17.6. The van der Waals surface area contributed by atoms with Gasteiger partial charge in [0.1, 0.15) is 5.82 Å². The lowest BCUT2D eigenvalue weighted by Crippen LogP contribution is -2.50. The Labute approximate surface area is 125 Å². The number of methoxy groups -OCH3 is 1. The zero-order valence-electron chi connectivity index (χ0n) is 12.9. The van der Waals surface area contributed by atoms with Gasteiger partial charge in [0.2, 0.25) is 5.91 Å². The molecule has 1 amide bonds. The van der Waals surface area contributed by atoms with E-state index < -0.39 is 5.54 Å². The molecule has 5 heteroatoms. The van der Waals surface area contributed by atoms with Gasteiger partial charge in [0.05, 0.1) is 12.1 Å². The van der Waals surface area contributed by atoms with Crippen LogP contribution in [0, 0.1) is 5.82 Å². The number of aliphatic hydroxyl groups is 1. The highest BCUT2D eigenvalue weighted by atomic mass is 19.1. The molecular formula is C16H24FNO3. The molecule has 0 heterocycles. The van der Waals surface area contributed by atoms with Crippen molar-refractivity contribution in [3.63, 3.8) is 0 Å². The summed E-state index contributed by atoms with van der Waals surface area (Å²) in [7, 11) is 1.55. The van der Waals surface area contributed by atoms with E-state index in [0.29, 0.717) is 18.6 Å². The Kier molecular flexibility index (Phi) is 6.78. The molecule has 0 radical (unpaired) electrons. The van der Waals surface area contributed by atoms with Crippen molar-refractivity contribution < 1.29 is 19.0 Å². The van der Waals surface area contributed by atoms with Gasteiger partial charge in [-0.3, -0.25) is 4.79 Å². The van der Waals surface area contributed by atoms with Gasteiger partial charge in [0, 0.05) is 20.1 Å². The smallest absolute Gasteiger partial charge is 0.221 e. The predicted molar refractivity (Wildman–Crippen MR) is 79.6 cm³/mol. The molecule has 21 heavy (non-hydrogen) atoms. The normalized spacial score (nSPS) is 15.3.